The molecule has 78 valence electrons. The van der Waals surface area contributed by atoms with E-state index in [1.807, 2.05) is 6.92 Å². The predicted molar refractivity (Wildman–Crippen MR) is 56.4 cm³/mol. The van der Waals surface area contributed by atoms with Gasteiger partial charge in [-0.1, -0.05) is 0 Å². The van der Waals surface area contributed by atoms with Crippen molar-refractivity contribution in [2.45, 2.75) is 20.0 Å². The molecule has 0 aromatic carbocycles. The molecule has 2 aromatic rings. The average molecular weight is 203 g/mol. The van der Waals surface area contributed by atoms with E-state index in [1.54, 1.807) is 0 Å². The summed E-state index contributed by atoms with van der Waals surface area (Å²) in [6, 6.07) is 2.11. The third-order valence-corrected chi connectivity index (χ3v) is 2.89. The largest absolute Gasteiger partial charge is 0.443 e. The van der Waals surface area contributed by atoms with Crippen molar-refractivity contribution >= 4 is 0 Å². The van der Waals surface area contributed by atoms with Crippen LogP contribution in [0.4, 0.5) is 0 Å². The first-order valence-corrected chi connectivity index (χ1v) is 5.15. The van der Waals surface area contributed by atoms with Gasteiger partial charge in [0.2, 0.25) is 0 Å². The van der Waals surface area contributed by atoms with Crippen molar-refractivity contribution in [3.8, 4) is 11.3 Å². The first-order chi connectivity index (χ1) is 7.36. The molecule has 0 fully saturated rings. The Labute approximate surface area is 87.9 Å². The lowest BCUT2D eigenvalue weighted by atomic mass is 10.1. The van der Waals surface area contributed by atoms with Gasteiger partial charge in [0.15, 0.2) is 12.2 Å². The Morgan fingerprint density at radius 1 is 1.53 bits per heavy atom. The Morgan fingerprint density at radius 3 is 3.27 bits per heavy atom. The molecule has 0 atom stereocenters. The Morgan fingerprint density at radius 2 is 2.47 bits per heavy atom. The third-order valence-electron chi connectivity index (χ3n) is 2.89. The van der Waals surface area contributed by atoms with Crippen LogP contribution in [0.1, 0.15) is 11.4 Å². The fraction of sp³-hybridized carbons (Fsp3) is 0.364. The van der Waals surface area contributed by atoms with Crippen LogP contribution in [0.3, 0.4) is 0 Å². The molecular formula is C11H13N3O. The Bertz CT molecular complexity index is 484. The summed E-state index contributed by atoms with van der Waals surface area (Å²) in [5, 5.41) is 3.37. The predicted octanol–water partition coefficient (Wildman–Crippen LogP) is 1.55. The summed E-state index contributed by atoms with van der Waals surface area (Å²) in [4.78, 5) is 4.13. The summed E-state index contributed by atoms with van der Waals surface area (Å²) < 4.78 is 7.69. The topological polar surface area (TPSA) is 43.0 Å². The smallest absolute Gasteiger partial charge is 0.181 e. The van der Waals surface area contributed by atoms with Crippen molar-refractivity contribution in [3.63, 3.8) is 0 Å². The molecule has 1 aliphatic heterocycles. The zero-order chi connectivity index (χ0) is 10.3. The fourth-order valence-corrected chi connectivity index (χ4v) is 2.09. The summed E-state index contributed by atoms with van der Waals surface area (Å²) in [6.45, 7) is 4.95. The maximum Gasteiger partial charge on any atom is 0.181 e. The zero-order valence-corrected chi connectivity index (χ0v) is 8.66. The highest BCUT2D eigenvalue weighted by atomic mass is 16.3. The first kappa shape index (κ1) is 8.73. The molecule has 0 radical (unpaired) electrons. The molecule has 0 spiro atoms. The number of nitrogens with one attached hydrogen (secondary N) is 1. The summed E-state index contributed by atoms with van der Waals surface area (Å²) >= 11 is 0. The van der Waals surface area contributed by atoms with Crippen LogP contribution in [0.5, 0.6) is 0 Å². The maximum atomic E-state index is 5.42. The number of rotatable bonds is 1. The maximum absolute atomic E-state index is 5.42. The minimum Gasteiger partial charge on any atom is -0.443 e. The van der Waals surface area contributed by atoms with Crippen LogP contribution in [-0.4, -0.2) is 16.1 Å². The molecule has 1 N–H and O–H groups in total. The standard InChI is InChI=1S/C11H13N3O/c1-8-11(15-7-13-8)9-2-4-14-5-3-12-6-10(9)14/h2,4,7,12H,3,5-6H2,1H3. The van der Waals surface area contributed by atoms with E-state index in [4.69, 9.17) is 4.42 Å². The molecule has 2 aromatic heterocycles. The molecule has 4 nitrogen and oxygen atoms in total. The molecule has 1 aliphatic rings. The molecule has 0 aliphatic carbocycles. The van der Waals surface area contributed by atoms with Crippen molar-refractivity contribution in [3.05, 3.63) is 30.0 Å². The molecule has 0 saturated heterocycles. The van der Waals surface area contributed by atoms with Crippen molar-refractivity contribution < 1.29 is 4.42 Å². The van der Waals surface area contributed by atoms with E-state index in [9.17, 15) is 0 Å². The van der Waals surface area contributed by atoms with Gasteiger partial charge in [0.1, 0.15) is 0 Å². The SMILES string of the molecule is Cc1ncoc1-c1ccn2c1CNCC2. The van der Waals surface area contributed by atoms with Crippen LogP contribution in [0.15, 0.2) is 23.1 Å². The molecule has 15 heavy (non-hydrogen) atoms. The van der Waals surface area contributed by atoms with Gasteiger partial charge in [0.05, 0.1) is 5.69 Å². The van der Waals surface area contributed by atoms with E-state index in [2.05, 4.69) is 27.1 Å². The average Bonchev–Trinajstić information content (AvgIpc) is 2.83. The van der Waals surface area contributed by atoms with Crippen molar-refractivity contribution in [1.82, 2.24) is 14.9 Å². The first-order valence-electron chi connectivity index (χ1n) is 5.15. The lowest BCUT2D eigenvalue weighted by Gasteiger charge is -2.17. The van der Waals surface area contributed by atoms with Gasteiger partial charge in [0, 0.05) is 37.1 Å². The van der Waals surface area contributed by atoms with Gasteiger partial charge >= 0.3 is 0 Å². The highest BCUT2D eigenvalue weighted by Crippen LogP contribution is 2.28. The minimum absolute atomic E-state index is 0.896. The van der Waals surface area contributed by atoms with Crippen molar-refractivity contribution in [1.29, 1.82) is 0 Å². The fourth-order valence-electron chi connectivity index (χ4n) is 2.09. The highest BCUT2D eigenvalue weighted by Gasteiger charge is 2.17. The summed E-state index contributed by atoms with van der Waals surface area (Å²) in [7, 11) is 0. The second-order valence-corrected chi connectivity index (χ2v) is 3.81. The van der Waals surface area contributed by atoms with E-state index in [-0.39, 0.29) is 0 Å². The Balaban J connectivity index is 2.13. The number of oxazole rings is 1. The normalized spacial score (nSPS) is 15.3. The van der Waals surface area contributed by atoms with Crippen molar-refractivity contribution in [2.24, 2.45) is 0 Å². The lowest BCUT2D eigenvalue weighted by molar-refractivity contribution is 0.514. The lowest BCUT2D eigenvalue weighted by Crippen LogP contribution is -2.27. The van der Waals surface area contributed by atoms with Gasteiger partial charge in [-0.2, -0.15) is 0 Å². The number of hydrogen-bond donors (Lipinski definition) is 1. The molecule has 3 rings (SSSR count). The summed E-state index contributed by atoms with van der Waals surface area (Å²) in [6.07, 6.45) is 3.62. The molecule has 0 saturated carbocycles. The Kier molecular flexibility index (Phi) is 1.89. The van der Waals surface area contributed by atoms with Crippen LogP contribution in [0.2, 0.25) is 0 Å². The number of hydrogen-bond acceptors (Lipinski definition) is 3. The van der Waals surface area contributed by atoms with Crippen LogP contribution >= 0.6 is 0 Å². The van der Waals surface area contributed by atoms with Gasteiger partial charge < -0.3 is 14.3 Å². The van der Waals surface area contributed by atoms with E-state index >= 15 is 0 Å². The number of nitrogens with zero attached hydrogens (tertiary/aromatic N) is 2. The minimum atomic E-state index is 0.896. The zero-order valence-electron chi connectivity index (χ0n) is 8.66. The third kappa shape index (κ3) is 1.29. The monoisotopic (exact) mass is 203 g/mol. The number of fused-ring (bicyclic) bond motifs is 1. The molecule has 0 bridgehead atoms. The summed E-state index contributed by atoms with van der Waals surface area (Å²) in [5.74, 6) is 0.896. The van der Waals surface area contributed by atoms with Crippen LogP contribution in [0, 0.1) is 6.92 Å². The highest BCUT2D eigenvalue weighted by molar-refractivity contribution is 5.63. The van der Waals surface area contributed by atoms with E-state index in [0.717, 1.165) is 36.7 Å². The molecule has 0 amide bonds. The van der Waals surface area contributed by atoms with E-state index in [0.29, 0.717) is 0 Å². The van der Waals surface area contributed by atoms with Gasteiger partial charge in [-0.15, -0.1) is 0 Å². The number of aromatic nitrogens is 2. The quantitative estimate of drug-likeness (QED) is 0.764. The Hall–Kier alpha value is -1.55. The summed E-state index contributed by atoms with van der Waals surface area (Å²) in [5.41, 5.74) is 3.41. The molecule has 4 heteroatoms. The van der Waals surface area contributed by atoms with Crippen LogP contribution < -0.4 is 5.32 Å². The second-order valence-electron chi connectivity index (χ2n) is 3.81. The second kappa shape index (κ2) is 3.24. The van der Waals surface area contributed by atoms with Gasteiger partial charge in [0.25, 0.3) is 0 Å². The molecular weight excluding hydrogens is 190 g/mol. The molecule has 3 heterocycles. The van der Waals surface area contributed by atoms with Crippen LogP contribution in [-0.2, 0) is 13.1 Å². The number of aryl methyl sites for hydroxylation is 1. The van der Waals surface area contributed by atoms with E-state index < -0.39 is 0 Å². The van der Waals surface area contributed by atoms with Gasteiger partial charge in [-0.25, -0.2) is 4.98 Å². The van der Waals surface area contributed by atoms with Crippen molar-refractivity contribution in [2.75, 3.05) is 6.54 Å². The van der Waals surface area contributed by atoms with Gasteiger partial charge in [-0.3, -0.25) is 0 Å². The van der Waals surface area contributed by atoms with Crippen LogP contribution in [0.25, 0.3) is 11.3 Å². The van der Waals surface area contributed by atoms with E-state index in [1.165, 1.54) is 12.1 Å². The molecule has 0 unspecified atom stereocenters. The van der Waals surface area contributed by atoms with Gasteiger partial charge in [-0.05, 0) is 13.0 Å².